The van der Waals surface area contributed by atoms with Gasteiger partial charge in [-0.1, -0.05) is 31.9 Å². The van der Waals surface area contributed by atoms with E-state index in [9.17, 15) is 4.79 Å². The molecule has 1 aromatic rings. The zero-order chi connectivity index (χ0) is 15.3. The first kappa shape index (κ1) is 16.0. The van der Waals surface area contributed by atoms with Crippen LogP contribution in [0.5, 0.6) is 0 Å². The largest absolute Gasteiger partial charge is 0.379 e. The Morgan fingerprint density at radius 1 is 1.38 bits per heavy atom. The van der Waals surface area contributed by atoms with Gasteiger partial charge in [0, 0.05) is 11.7 Å². The third-order valence-corrected chi connectivity index (χ3v) is 4.32. The van der Waals surface area contributed by atoms with Crippen LogP contribution in [0.25, 0.3) is 0 Å². The Morgan fingerprint density at radius 3 is 2.67 bits per heavy atom. The van der Waals surface area contributed by atoms with E-state index in [-0.39, 0.29) is 11.9 Å². The lowest BCUT2D eigenvalue weighted by Crippen LogP contribution is -2.47. The van der Waals surface area contributed by atoms with Crippen molar-refractivity contribution < 1.29 is 9.53 Å². The maximum atomic E-state index is 12.4. The number of aryl methyl sites for hydroxylation is 1. The lowest BCUT2D eigenvalue weighted by Gasteiger charge is -2.25. The van der Waals surface area contributed by atoms with Crippen LogP contribution in [0, 0.1) is 5.41 Å². The van der Waals surface area contributed by atoms with Crippen molar-refractivity contribution in [2.75, 3.05) is 18.5 Å². The van der Waals surface area contributed by atoms with Gasteiger partial charge in [0.1, 0.15) is 0 Å². The summed E-state index contributed by atoms with van der Waals surface area (Å²) in [4.78, 5) is 12.4. The molecule has 0 radical (unpaired) electrons. The second-order valence-electron chi connectivity index (χ2n) is 6.15. The van der Waals surface area contributed by atoms with Gasteiger partial charge in [0.25, 0.3) is 0 Å². The van der Waals surface area contributed by atoms with E-state index in [4.69, 9.17) is 10.5 Å². The fourth-order valence-corrected chi connectivity index (χ4v) is 2.53. The number of carbonyl (C=O) groups is 1. The normalized spacial score (nSPS) is 25.0. The van der Waals surface area contributed by atoms with Crippen molar-refractivity contribution in [1.29, 1.82) is 0 Å². The molecule has 2 unspecified atom stereocenters. The number of rotatable bonds is 6. The summed E-state index contributed by atoms with van der Waals surface area (Å²) < 4.78 is 5.32. The molecule has 1 aliphatic heterocycles. The van der Waals surface area contributed by atoms with Gasteiger partial charge in [-0.15, -0.1) is 0 Å². The molecule has 2 atom stereocenters. The van der Waals surface area contributed by atoms with E-state index in [1.54, 1.807) is 0 Å². The standard InChI is InChI=1S/C17H26N2O2/c1-3-4-5-6-13-7-9-14(10-8-13)19-16(20)17(2)12-21-11-15(17)18/h7-10,15H,3-6,11-12,18H2,1-2H3,(H,19,20). The molecule has 4 nitrogen and oxygen atoms in total. The van der Waals surface area contributed by atoms with E-state index in [1.807, 2.05) is 19.1 Å². The molecule has 1 amide bonds. The first-order valence-electron chi connectivity index (χ1n) is 7.80. The molecular formula is C17H26N2O2. The topological polar surface area (TPSA) is 64.3 Å². The minimum absolute atomic E-state index is 0.0637. The van der Waals surface area contributed by atoms with Gasteiger partial charge in [-0.25, -0.2) is 0 Å². The lowest BCUT2D eigenvalue weighted by atomic mass is 9.85. The van der Waals surface area contributed by atoms with Crippen LogP contribution in [0.15, 0.2) is 24.3 Å². The average Bonchev–Trinajstić information content (AvgIpc) is 2.82. The Labute approximate surface area is 127 Å². The molecule has 0 aromatic heterocycles. The molecule has 3 N–H and O–H groups in total. The Morgan fingerprint density at radius 2 is 2.10 bits per heavy atom. The number of anilines is 1. The average molecular weight is 290 g/mol. The van der Waals surface area contributed by atoms with Crippen LogP contribution in [0.4, 0.5) is 5.69 Å². The van der Waals surface area contributed by atoms with Crippen LogP contribution >= 0.6 is 0 Å². The van der Waals surface area contributed by atoms with Crippen molar-refractivity contribution in [2.45, 2.75) is 45.6 Å². The Bertz CT molecular complexity index is 472. The van der Waals surface area contributed by atoms with Gasteiger partial charge in [0.05, 0.1) is 18.6 Å². The molecule has 116 valence electrons. The van der Waals surface area contributed by atoms with E-state index in [0.29, 0.717) is 13.2 Å². The van der Waals surface area contributed by atoms with E-state index in [1.165, 1.54) is 24.8 Å². The molecule has 1 fully saturated rings. The smallest absolute Gasteiger partial charge is 0.234 e. The highest BCUT2D eigenvalue weighted by Crippen LogP contribution is 2.28. The number of hydrogen-bond donors (Lipinski definition) is 2. The van der Waals surface area contributed by atoms with Gasteiger partial charge >= 0.3 is 0 Å². The van der Waals surface area contributed by atoms with Gasteiger partial charge in [0.2, 0.25) is 5.91 Å². The summed E-state index contributed by atoms with van der Waals surface area (Å²) >= 11 is 0. The Kier molecular flexibility index (Phi) is 5.37. The number of unbranched alkanes of at least 4 members (excludes halogenated alkanes) is 2. The highest BCUT2D eigenvalue weighted by molar-refractivity contribution is 5.96. The zero-order valence-corrected chi connectivity index (χ0v) is 13.0. The third-order valence-electron chi connectivity index (χ3n) is 4.32. The molecule has 4 heteroatoms. The van der Waals surface area contributed by atoms with Crippen molar-refractivity contribution in [3.05, 3.63) is 29.8 Å². The van der Waals surface area contributed by atoms with Crippen LogP contribution in [-0.4, -0.2) is 25.2 Å². The zero-order valence-electron chi connectivity index (χ0n) is 13.0. The molecule has 1 aromatic carbocycles. The minimum atomic E-state index is -0.639. The number of hydrogen-bond acceptors (Lipinski definition) is 3. The second-order valence-corrected chi connectivity index (χ2v) is 6.15. The van der Waals surface area contributed by atoms with Gasteiger partial charge < -0.3 is 15.8 Å². The van der Waals surface area contributed by atoms with Crippen LogP contribution in [0.1, 0.15) is 38.7 Å². The number of carbonyl (C=O) groups excluding carboxylic acids is 1. The predicted octanol–water partition coefficient (Wildman–Crippen LogP) is 2.72. The molecule has 1 heterocycles. The number of nitrogens with one attached hydrogen (secondary N) is 1. The van der Waals surface area contributed by atoms with Gasteiger partial charge in [-0.3, -0.25) is 4.79 Å². The summed E-state index contributed by atoms with van der Waals surface area (Å²) in [6.45, 7) is 4.89. The molecule has 0 aliphatic carbocycles. The number of ether oxygens (including phenoxy) is 1. The van der Waals surface area contributed by atoms with E-state index >= 15 is 0 Å². The molecule has 0 saturated carbocycles. The van der Waals surface area contributed by atoms with E-state index < -0.39 is 5.41 Å². The van der Waals surface area contributed by atoms with Crippen molar-refractivity contribution >= 4 is 11.6 Å². The van der Waals surface area contributed by atoms with Gasteiger partial charge in [-0.2, -0.15) is 0 Å². The molecule has 0 spiro atoms. The first-order valence-corrected chi connectivity index (χ1v) is 7.80. The van der Waals surface area contributed by atoms with E-state index in [0.717, 1.165) is 12.1 Å². The third kappa shape index (κ3) is 3.83. The maximum absolute atomic E-state index is 12.4. The van der Waals surface area contributed by atoms with Crippen molar-refractivity contribution in [3.63, 3.8) is 0 Å². The Hall–Kier alpha value is -1.39. The fourth-order valence-electron chi connectivity index (χ4n) is 2.53. The van der Waals surface area contributed by atoms with Crippen LogP contribution < -0.4 is 11.1 Å². The molecule has 0 bridgehead atoms. The van der Waals surface area contributed by atoms with Crippen molar-refractivity contribution in [3.8, 4) is 0 Å². The second kappa shape index (κ2) is 7.05. The van der Waals surface area contributed by atoms with Gasteiger partial charge in [0.15, 0.2) is 0 Å². The number of nitrogens with two attached hydrogens (primary N) is 1. The molecule has 2 rings (SSSR count). The summed E-state index contributed by atoms with van der Waals surface area (Å²) in [5.74, 6) is -0.0637. The highest BCUT2D eigenvalue weighted by Gasteiger charge is 2.44. The number of amides is 1. The summed E-state index contributed by atoms with van der Waals surface area (Å²) in [5, 5.41) is 2.95. The van der Waals surface area contributed by atoms with E-state index in [2.05, 4.69) is 24.4 Å². The quantitative estimate of drug-likeness (QED) is 0.792. The van der Waals surface area contributed by atoms with Crippen LogP contribution in [-0.2, 0) is 16.0 Å². The maximum Gasteiger partial charge on any atom is 0.234 e. The first-order chi connectivity index (χ1) is 10.1. The van der Waals surface area contributed by atoms with Gasteiger partial charge in [-0.05, 0) is 37.5 Å². The highest BCUT2D eigenvalue weighted by atomic mass is 16.5. The molecular weight excluding hydrogens is 264 g/mol. The van der Waals surface area contributed by atoms with Crippen molar-refractivity contribution in [1.82, 2.24) is 0 Å². The van der Waals surface area contributed by atoms with Crippen molar-refractivity contribution in [2.24, 2.45) is 11.1 Å². The molecule has 1 saturated heterocycles. The lowest BCUT2D eigenvalue weighted by molar-refractivity contribution is -0.125. The minimum Gasteiger partial charge on any atom is -0.379 e. The SMILES string of the molecule is CCCCCc1ccc(NC(=O)C2(C)COCC2N)cc1. The molecule has 1 aliphatic rings. The summed E-state index contributed by atoms with van der Waals surface area (Å²) in [7, 11) is 0. The summed E-state index contributed by atoms with van der Waals surface area (Å²) in [5.41, 5.74) is 7.47. The van der Waals surface area contributed by atoms with Crippen LogP contribution in [0.3, 0.4) is 0 Å². The molecule has 21 heavy (non-hydrogen) atoms. The monoisotopic (exact) mass is 290 g/mol. The Balaban J connectivity index is 1.92. The predicted molar refractivity (Wildman–Crippen MR) is 85.2 cm³/mol. The number of benzene rings is 1. The fraction of sp³-hybridized carbons (Fsp3) is 0.588. The van der Waals surface area contributed by atoms with Crippen LogP contribution in [0.2, 0.25) is 0 Å². The summed E-state index contributed by atoms with van der Waals surface area (Å²) in [6.07, 6.45) is 4.80. The summed E-state index contributed by atoms with van der Waals surface area (Å²) in [6, 6.07) is 7.84.